The van der Waals surface area contributed by atoms with Crippen LogP contribution in [-0.2, 0) is 4.79 Å². The van der Waals surface area contributed by atoms with Gasteiger partial charge in [-0.1, -0.05) is 27.7 Å². The second-order valence-electron chi connectivity index (χ2n) is 5.36. The van der Waals surface area contributed by atoms with E-state index in [1.165, 1.54) is 0 Å². The summed E-state index contributed by atoms with van der Waals surface area (Å²) in [5.41, 5.74) is 0.293. The lowest BCUT2D eigenvalue weighted by Gasteiger charge is -2.29. The van der Waals surface area contributed by atoms with Gasteiger partial charge in [0, 0.05) is 33.6 Å². The predicted molar refractivity (Wildman–Crippen MR) is 64.8 cm³/mol. The normalized spacial score (nSPS) is 11.9. The molecule has 0 aliphatic heterocycles. The molecule has 0 saturated heterocycles. The summed E-state index contributed by atoms with van der Waals surface area (Å²) in [7, 11) is 3.58. The van der Waals surface area contributed by atoms with Gasteiger partial charge < -0.3 is 10.2 Å². The van der Waals surface area contributed by atoms with E-state index in [9.17, 15) is 4.79 Å². The molecule has 0 unspecified atom stereocenters. The second kappa shape index (κ2) is 6.11. The van der Waals surface area contributed by atoms with Crippen molar-refractivity contribution in [2.24, 2.45) is 11.3 Å². The summed E-state index contributed by atoms with van der Waals surface area (Å²) < 4.78 is 0. The Morgan fingerprint density at radius 1 is 1.33 bits per heavy atom. The van der Waals surface area contributed by atoms with Crippen LogP contribution in [0.15, 0.2) is 0 Å². The van der Waals surface area contributed by atoms with Crippen molar-refractivity contribution < 1.29 is 4.79 Å². The fraction of sp³-hybridized carbons (Fsp3) is 0.917. The van der Waals surface area contributed by atoms with Gasteiger partial charge in [-0.15, -0.1) is 0 Å². The monoisotopic (exact) mass is 214 g/mol. The Balaban J connectivity index is 3.68. The van der Waals surface area contributed by atoms with Crippen molar-refractivity contribution in [2.75, 3.05) is 27.2 Å². The number of nitrogens with one attached hydrogen (secondary N) is 1. The van der Waals surface area contributed by atoms with Crippen molar-refractivity contribution in [2.45, 2.75) is 34.1 Å². The largest absolute Gasteiger partial charge is 0.349 e. The first kappa shape index (κ1) is 14.4. The van der Waals surface area contributed by atoms with Gasteiger partial charge in [-0.3, -0.25) is 4.79 Å². The summed E-state index contributed by atoms with van der Waals surface area (Å²) in [5.74, 6) is 0.833. The first-order valence-electron chi connectivity index (χ1n) is 5.68. The van der Waals surface area contributed by atoms with Crippen LogP contribution in [0.1, 0.15) is 34.1 Å². The van der Waals surface area contributed by atoms with E-state index in [2.05, 4.69) is 33.0 Å². The van der Waals surface area contributed by atoms with Crippen LogP contribution < -0.4 is 5.32 Å². The summed E-state index contributed by atoms with van der Waals surface area (Å²) in [5, 5.41) is 3.35. The number of amides is 1. The van der Waals surface area contributed by atoms with E-state index in [1.807, 2.05) is 0 Å². The number of hydrogen-bond donors (Lipinski definition) is 1. The highest BCUT2D eigenvalue weighted by molar-refractivity contribution is 5.75. The Morgan fingerprint density at radius 3 is 2.27 bits per heavy atom. The summed E-state index contributed by atoms with van der Waals surface area (Å²) in [6, 6.07) is 0. The van der Waals surface area contributed by atoms with Crippen LogP contribution in [0.5, 0.6) is 0 Å². The van der Waals surface area contributed by atoms with Crippen LogP contribution >= 0.6 is 0 Å². The van der Waals surface area contributed by atoms with Gasteiger partial charge in [-0.25, -0.2) is 0 Å². The Morgan fingerprint density at radius 2 is 1.87 bits per heavy atom. The quantitative estimate of drug-likeness (QED) is 0.683. The lowest BCUT2D eigenvalue weighted by molar-refractivity contribution is -0.128. The molecule has 1 N–H and O–H groups in total. The predicted octanol–water partition coefficient (Wildman–Crippen LogP) is 1.74. The minimum Gasteiger partial charge on any atom is -0.349 e. The van der Waals surface area contributed by atoms with Crippen molar-refractivity contribution in [3.63, 3.8) is 0 Å². The summed E-state index contributed by atoms with van der Waals surface area (Å²) in [4.78, 5) is 12.9. The van der Waals surface area contributed by atoms with E-state index in [1.54, 1.807) is 19.0 Å². The Hall–Kier alpha value is -0.570. The standard InChI is InChI=1S/C12H26N2O/c1-10(2)12(3,4)9-13-8-7-11(15)14(5)6/h10,13H,7-9H2,1-6H3. The molecular weight excluding hydrogens is 188 g/mol. The van der Waals surface area contributed by atoms with E-state index in [0.29, 0.717) is 17.8 Å². The second-order valence-corrected chi connectivity index (χ2v) is 5.36. The molecule has 0 aliphatic rings. The van der Waals surface area contributed by atoms with Gasteiger partial charge >= 0.3 is 0 Å². The molecule has 3 nitrogen and oxygen atoms in total. The van der Waals surface area contributed by atoms with E-state index < -0.39 is 0 Å². The van der Waals surface area contributed by atoms with Crippen LogP contribution in [0.25, 0.3) is 0 Å². The molecule has 0 bridgehead atoms. The molecule has 0 aromatic carbocycles. The number of hydrogen-bond acceptors (Lipinski definition) is 2. The van der Waals surface area contributed by atoms with Gasteiger partial charge in [0.05, 0.1) is 0 Å². The van der Waals surface area contributed by atoms with Crippen molar-refractivity contribution in [1.29, 1.82) is 0 Å². The van der Waals surface area contributed by atoms with Crippen LogP contribution in [-0.4, -0.2) is 38.0 Å². The van der Waals surface area contributed by atoms with Gasteiger partial charge in [0.25, 0.3) is 0 Å². The highest BCUT2D eigenvalue weighted by Gasteiger charge is 2.21. The van der Waals surface area contributed by atoms with Gasteiger partial charge in [0.1, 0.15) is 0 Å². The van der Waals surface area contributed by atoms with E-state index >= 15 is 0 Å². The average molecular weight is 214 g/mol. The maximum absolute atomic E-state index is 11.3. The third-order valence-corrected chi connectivity index (χ3v) is 3.16. The minimum atomic E-state index is 0.185. The molecular formula is C12H26N2O. The maximum Gasteiger partial charge on any atom is 0.223 e. The van der Waals surface area contributed by atoms with E-state index in [4.69, 9.17) is 0 Å². The molecule has 90 valence electrons. The number of carbonyl (C=O) groups is 1. The van der Waals surface area contributed by atoms with Crippen molar-refractivity contribution in [1.82, 2.24) is 10.2 Å². The zero-order valence-corrected chi connectivity index (χ0v) is 11.1. The minimum absolute atomic E-state index is 0.185. The lowest BCUT2D eigenvalue weighted by atomic mass is 9.81. The lowest BCUT2D eigenvalue weighted by Crippen LogP contribution is -2.35. The van der Waals surface area contributed by atoms with Crippen LogP contribution in [0.3, 0.4) is 0 Å². The summed E-state index contributed by atoms with van der Waals surface area (Å²) in [6.45, 7) is 10.7. The van der Waals surface area contributed by atoms with E-state index in [0.717, 1.165) is 13.1 Å². The molecule has 0 rings (SSSR count). The molecule has 15 heavy (non-hydrogen) atoms. The SMILES string of the molecule is CC(C)C(C)(C)CNCCC(=O)N(C)C. The third kappa shape index (κ3) is 5.78. The van der Waals surface area contributed by atoms with Gasteiger partial charge in [-0.05, 0) is 11.3 Å². The molecule has 1 amide bonds. The highest BCUT2D eigenvalue weighted by Crippen LogP contribution is 2.24. The Labute approximate surface area is 94.2 Å². The fourth-order valence-electron chi connectivity index (χ4n) is 1.03. The number of nitrogens with zero attached hydrogens (tertiary/aromatic N) is 1. The van der Waals surface area contributed by atoms with Crippen molar-refractivity contribution >= 4 is 5.91 Å². The smallest absolute Gasteiger partial charge is 0.223 e. The zero-order chi connectivity index (χ0) is 12.1. The molecule has 0 aromatic rings. The number of carbonyl (C=O) groups excluding carboxylic acids is 1. The van der Waals surface area contributed by atoms with Crippen LogP contribution in [0, 0.1) is 11.3 Å². The molecule has 0 heterocycles. The van der Waals surface area contributed by atoms with Gasteiger partial charge in [0.15, 0.2) is 0 Å². The van der Waals surface area contributed by atoms with Crippen LogP contribution in [0.4, 0.5) is 0 Å². The highest BCUT2D eigenvalue weighted by atomic mass is 16.2. The third-order valence-electron chi connectivity index (χ3n) is 3.16. The first-order valence-corrected chi connectivity index (χ1v) is 5.68. The van der Waals surface area contributed by atoms with E-state index in [-0.39, 0.29) is 5.91 Å². The first-order chi connectivity index (χ1) is 6.77. The van der Waals surface area contributed by atoms with Crippen molar-refractivity contribution in [3.8, 4) is 0 Å². The molecule has 0 aliphatic carbocycles. The topological polar surface area (TPSA) is 32.3 Å². The average Bonchev–Trinajstić information content (AvgIpc) is 2.11. The molecule has 3 heteroatoms. The zero-order valence-electron chi connectivity index (χ0n) is 11.1. The molecule has 0 aromatic heterocycles. The van der Waals surface area contributed by atoms with Crippen LogP contribution in [0.2, 0.25) is 0 Å². The molecule has 0 spiro atoms. The van der Waals surface area contributed by atoms with Crippen molar-refractivity contribution in [3.05, 3.63) is 0 Å². The fourth-order valence-corrected chi connectivity index (χ4v) is 1.03. The molecule has 0 atom stereocenters. The molecule has 0 saturated carbocycles. The van der Waals surface area contributed by atoms with Gasteiger partial charge in [-0.2, -0.15) is 0 Å². The summed E-state index contributed by atoms with van der Waals surface area (Å²) in [6.07, 6.45) is 0.584. The Bertz CT molecular complexity index is 198. The van der Waals surface area contributed by atoms with Gasteiger partial charge in [0.2, 0.25) is 5.91 Å². The maximum atomic E-state index is 11.3. The molecule has 0 radical (unpaired) electrons. The number of rotatable bonds is 6. The summed E-state index contributed by atoms with van der Waals surface area (Å²) >= 11 is 0. The Kier molecular flexibility index (Phi) is 5.88. The molecule has 0 fully saturated rings.